The van der Waals surface area contributed by atoms with Gasteiger partial charge in [-0.2, -0.15) is 0 Å². The molecule has 6 atom stereocenters. The lowest BCUT2D eigenvalue weighted by Crippen LogP contribution is -2.30. The lowest BCUT2D eigenvalue weighted by atomic mass is 10.00. The van der Waals surface area contributed by atoms with E-state index in [1.54, 1.807) is 0 Å². The first-order chi connectivity index (χ1) is 41.6. The van der Waals surface area contributed by atoms with Crippen molar-refractivity contribution in [1.82, 2.24) is 0 Å². The molecule has 0 aliphatic carbocycles. The number of rotatable bonds is 67. The van der Waals surface area contributed by atoms with Crippen molar-refractivity contribution in [3.63, 3.8) is 0 Å². The molecule has 0 radical (unpaired) electrons. The zero-order chi connectivity index (χ0) is 63.5. The number of hydrogen-bond acceptors (Lipinski definition) is 15. The lowest BCUT2D eigenvalue weighted by Gasteiger charge is -2.21. The Morgan fingerprint density at radius 1 is 0.326 bits per heavy atom. The number of aliphatic hydroxyl groups is 1. The zero-order valence-corrected chi connectivity index (χ0v) is 57.2. The Morgan fingerprint density at radius 2 is 0.558 bits per heavy atom. The summed E-state index contributed by atoms with van der Waals surface area (Å²) in [5.41, 5.74) is 0. The van der Waals surface area contributed by atoms with Crippen molar-refractivity contribution in [3.05, 3.63) is 0 Å². The van der Waals surface area contributed by atoms with Crippen LogP contribution in [0.4, 0.5) is 0 Å². The lowest BCUT2D eigenvalue weighted by molar-refractivity contribution is -0.161. The molecular formula is C67H130O17P2. The second kappa shape index (κ2) is 60.6. The second-order valence-electron chi connectivity index (χ2n) is 24.5. The minimum Gasteiger partial charge on any atom is -0.462 e. The van der Waals surface area contributed by atoms with Crippen LogP contribution in [0.1, 0.15) is 343 Å². The van der Waals surface area contributed by atoms with Gasteiger partial charge < -0.3 is 33.8 Å². The van der Waals surface area contributed by atoms with Crippen molar-refractivity contribution >= 4 is 39.5 Å². The molecule has 19 heteroatoms. The van der Waals surface area contributed by atoms with E-state index in [1.165, 1.54) is 148 Å². The average Bonchev–Trinajstić information content (AvgIpc) is 3.51. The van der Waals surface area contributed by atoms with Crippen molar-refractivity contribution < 1.29 is 80.2 Å². The third kappa shape index (κ3) is 59.7. The number of carbonyl (C=O) groups is 4. The fraction of sp³-hybridized carbons (Fsp3) is 0.940. The van der Waals surface area contributed by atoms with Gasteiger partial charge in [-0.1, -0.05) is 291 Å². The Balaban J connectivity index is 5.15. The van der Waals surface area contributed by atoms with E-state index in [1.807, 2.05) is 0 Å². The molecule has 3 unspecified atom stereocenters. The fourth-order valence-corrected chi connectivity index (χ4v) is 11.7. The maximum absolute atomic E-state index is 13.0. The molecule has 0 aromatic rings. The molecule has 0 saturated carbocycles. The van der Waals surface area contributed by atoms with E-state index in [0.29, 0.717) is 25.7 Å². The van der Waals surface area contributed by atoms with Gasteiger partial charge in [-0.15, -0.1) is 0 Å². The van der Waals surface area contributed by atoms with Crippen LogP contribution >= 0.6 is 15.6 Å². The van der Waals surface area contributed by atoms with Crippen LogP contribution in [0.25, 0.3) is 0 Å². The summed E-state index contributed by atoms with van der Waals surface area (Å²) in [4.78, 5) is 72.2. The van der Waals surface area contributed by atoms with E-state index in [0.717, 1.165) is 115 Å². The summed E-state index contributed by atoms with van der Waals surface area (Å²) >= 11 is 0. The number of phosphoric ester groups is 2. The molecule has 0 heterocycles. The average molecular weight is 1270 g/mol. The fourth-order valence-electron chi connectivity index (χ4n) is 10.1. The summed E-state index contributed by atoms with van der Waals surface area (Å²) in [5.74, 6) is -1.40. The molecular weight excluding hydrogens is 1140 g/mol. The molecule has 86 heavy (non-hydrogen) atoms. The van der Waals surface area contributed by atoms with Gasteiger partial charge in [-0.3, -0.25) is 37.3 Å². The van der Waals surface area contributed by atoms with Gasteiger partial charge in [-0.05, 0) is 31.6 Å². The molecule has 0 amide bonds. The summed E-state index contributed by atoms with van der Waals surface area (Å²) in [6.07, 6.45) is 46.1. The van der Waals surface area contributed by atoms with Gasteiger partial charge in [0.2, 0.25) is 0 Å². The summed E-state index contributed by atoms with van der Waals surface area (Å²) in [6.45, 7) is 7.13. The van der Waals surface area contributed by atoms with Gasteiger partial charge in [-0.25, -0.2) is 9.13 Å². The number of unbranched alkanes of at least 4 members (excludes halogenated alkanes) is 38. The van der Waals surface area contributed by atoms with Gasteiger partial charge in [0.1, 0.15) is 19.3 Å². The Labute approximate surface area is 524 Å². The zero-order valence-electron chi connectivity index (χ0n) is 55.4. The monoisotopic (exact) mass is 1270 g/mol. The normalized spacial score (nSPS) is 14.5. The highest BCUT2D eigenvalue weighted by atomic mass is 31.2. The van der Waals surface area contributed by atoms with Gasteiger partial charge in [0.05, 0.1) is 26.4 Å². The highest BCUT2D eigenvalue weighted by Gasteiger charge is 2.30. The Morgan fingerprint density at radius 3 is 0.826 bits per heavy atom. The predicted molar refractivity (Wildman–Crippen MR) is 345 cm³/mol. The molecule has 510 valence electrons. The van der Waals surface area contributed by atoms with Crippen molar-refractivity contribution in [2.75, 3.05) is 39.6 Å². The summed E-state index contributed by atoms with van der Waals surface area (Å²) in [5, 5.41) is 10.5. The highest BCUT2D eigenvalue weighted by Crippen LogP contribution is 2.45. The van der Waals surface area contributed by atoms with Crippen LogP contribution in [-0.2, 0) is 65.4 Å². The van der Waals surface area contributed by atoms with Crippen LogP contribution in [0.5, 0.6) is 0 Å². The van der Waals surface area contributed by atoms with Crippen molar-refractivity contribution in [1.29, 1.82) is 0 Å². The van der Waals surface area contributed by atoms with Gasteiger partial charge in [0, 0.05) is 25.7 Å². The molecule has 0 aromatic carbocycles. The topological polar surface area (TPSA) is 237 Å². The maximum atomic E-state index is 13.0. The van der Waals surface area contributed by atoms with E-state index in [4.69, 9.17) is 37.0 Å². The summed E-state index contributed by atoms with van der Waals surface area (Å²) in [7, 11) is -9.89. The van der Waals surface area contributed by atoms with Crippen LogP contribution in [0, 0.1) is 5.92 Å². The van der Waals surface area contributed by atoms with Crippen LogP contribution in [0.2, 0.25) is 0 Å². The SMILES string of the molecule is CCCCCCCCCCCCCCCCCCCCCC(=O)O[C@H](COC(=O)CCCCCCCCC(C)CC)COP(=O)(O)OC[C@@H](O)COP(=O)(O)OC[C@@H](COC(=O)CCCCCCCCC)OC(=O)CCCCCCCCCCCC. The van der Waals surface area contributed by atoms with E-state index in [2.05, 4.69) is 34.6 Å². The third-order valence-electron chi connectivity index (χ3n) is 15.9. The highest BCUT2D eigenvalue weighted by molar-refractivity contribution is 7.47. The largest absolute Gasteiger partial charge is 0.472 e. The number of aliphatic hydroxyl groups excluding tert-OH is 1. The van der Waals surface area contributed by atoms with Gasteiger partial charge in [0.15, 0.2) is 12.2 Å². The molecule has 0 bridgehead atoms. The molecule has 0 spiro atoms. The molecule has 0 aliphatic rings. The smallest absolute Gasteiger partial charge is 0.462 e. The Hall–Kier alpha value is -1.94. The number of ether oxygens (including phenoxy) is 4. The Kier molecular flexibility index (Phi) is 59.2. The molecule has 0 aliphatic heterocycles. The molecule has 0 fully saturated rings. The number of esters is 4. The molecule has 0 aromatic heterocycles. The van der Waals surface area contributed by atoms with Crippen molar-refractivity contribution in [2.45, 2.75) is 361 Å². The second-order valence-corrected chi connectivity index (χ2v) is 27.4. The summed E-state index contributed by atoms with van der Waals surface area (Å²) < 4.78 is 68.0. The quantitative estimate of drug-likeness (QED) is 0.0222. The van der Waals surface area contributed by atoms with Crippen molar-refractivity contribution in [2.24, 2.45) is 5.92 Å². The minimum atomic E-state index is -4.95. The van der Waals surface area contributed by atoms with Crippen LogP contribution in [0.15, 0.2) is 0 Å². The van der Waals surface area contributed by atoms with Crippen LogP contribution in [-0.4, -0.2) is 96.7 Å². The number of carbonyl (C=O) groups excluding carboxylic acids is 4. The first kappa shape index (κ1) is 84.1. The number of phosphoric acid groups is 2. The Bertz CT molecular complexity index is 1670. The van der Waals surface area contributed by atoms with E-state index < -0.39 is 97.5 Å². The van der Waals surface area contributed by atoms with E-state index in [9.17, 15) is 43.2 Å². The first-order valence-corrected chi connectivity index (χ1v) is 38.2. The van der Waals surface area contributed by atoms with Crippen LogP contribution in [0.3, 0.4) is 0 Å². The van der Waals surface area contributed by atoms with Crippen LogP contribution < -0.4 is 0 Å². The standard InChI is InChI=1S/C67H130O17P2/c1-6-10-13-16-19-21-23-24-25-26-27-28-29-30-31-33-36-43-48-53-67(72)84-63(57-78-65(70)51-46-41-38-37-39-44-49-60(5)9-4)59-82-86(75,76)80-55-61(68)54-79-85(73,74)81-58-62(56-77-64(69)50-45-40-34-18-15-12-8-3)83-66(71)52-47-42-35-32-22-20-17-14-11-7-2/h60-63,68H,6-59H2,1-5H3,(H,73,74)(H,75,76)/t60?,61-,62+,63+/m0/s1. The third-order valence-corrected chi connectivity index (χ3v) is 17.8. The molecule has 17 nitrogen and oxygen atoms in total. The first-order valence-electron chi connectivity index (χ1n) is 35.2. The van der Waals surface area contributed by atoms with Gasteiger partial charge in [0.25, 0.3) is 0 Å². The van der Waals surface area contributed by atoms with E-state index in [-0.39, 0.29) is 25.7 Å². The molecule has 0 saturated heterocycles. The number of hydrogen-bond donors (Lipinski definition) is 3. The van der Waals surface area contributed by atoms with E-state index >= 15 is 0 Å². The molecule has 3 N–H and O–H groups in total. The van der Waals surface area contributed by atoms with Crippen molar-refractivity contribution in [3.8, 4) is 0 Å². The maximum Gasteiger partial charge on any atom is 0.472 e. The minimum absolute atomic E-state index is 0.106. The summed E-state index contributed by atoms with van der Waals surface area (Å²) in [6, 6.07) is 0. The molecule has 0 rings (SSSR count). The van der Waals surface area contributed by atoms with Gasteiger partial charge >= 0.3 is 39.5 Å². The predicted octanol–water partition coefficient (Wildman–Crippen LogP) is 19.0.